The van der Waals surface area contributed by atoms with Crippen molar-refractivity contribution in [3.05, 3.63) is 18.1 Å². The minimum Gasteiger partial charge on any atom is -0.346 e. The molecule has 1 aliphatic rings. The van der Waals surface area contributed by atoms with Gasteiger partial charge in [-0.1, -0.05) is 0 Å². The molecule has 2 rings (SSSR count). The van der Waals surface area contributed by atoms with Gasteiger partial charge in [0, 0.05) is 18.5 Å². The average molecular weight is 181 g/mol. The summed E-state index contributed by atoms with van der Waals surface area (Å²) in [7, 11) is 0. The van der Waals surface area contributed by atoms with Gasteiger partial charge in [0.05, 0.1) is 5.88 Å². The van der Waals surface area contributed by atoms with Gasteiger partial charge in [0.25, 0.3) is 0 Å². The van der Waals surface area contributed by atoms with Crippen LogP contribution < -0.4 is 4.90 Å². The van der Waals surface area contributed by atoms with E-state index in [-0.39, 0.29) is 0 Å². The molecule has 0 spiro atoms. The van der Waals surface area contributed by atoms with Gasteiger partial charge in [-0.15, -0.1) is 11.8 Å². The summed E-state index contributed by atoms with van der Waals surface area (Å²) < 4.78 is 0. The lowest BCUT2D eigenvalue weighted by Crippen LogP contribution is -2.19. The maximum absolute atomic E-state index is 4.36. The van der Waals surface area contributed by atoms with E-state index in [9.17, 15) is 0 Å². The first-order valence-electron chi connectivity index (χ1n) is 3.98. The van der Waals surface area contributed by atoms with Crippen LogP contribution in [0.3, 0.4) is 0 Å². The van der Waals surface area contributed by atoms with Crippen LogP contribution in [0.15, 0.2) is 12.3 Å². The number of aryl methyl sites for hydroxylation is 1. The van der Waals surface area contributed by atoms with Crippen LogP contribution in [0.5, 0.6) is 0 Å². The fourth-order valence-electron chi connectivity index (χ4n) is 1.21. The summed E-state index contributed by atoms with van der Waals surface area (Å²) in [5.74, 6) is 4.19. The molecule has 1 aliphatic heterocycles. The smallest absolute Gasteiger partial charge is 0.132 e. The lowest BCUT2D eigenvalue weighted by Gasteiger charge is -2.14. The van der Waals surface area contributed by atoms with Crippen molar-refractivity contribution >= 4 is 17.6 Å². The van der Waals surface area contributed by atoms with Crippen LogP contribution in [0.25, 0.3) is 0 Å². The average Bonchev–Trinajstić information content (AvgIpc) is 2.56. The van der Waals surface area contributed by atoms with Gasteiger partial charge < -0.3 is 4.90 Å². The van der Waals surface area contributed by atoms with E-state index in [1.54, 1.807) is 0 Å². The van der Waals surface area contributed by atoms with Crippen LogP contribution in [0, 0.1) is 6.92 Å². The summed E-state index contributed by atoms with van der Waals surface area (Å²) in [6, 6.07) is 1.97. The summed E-state index contributed by atoms with van der Waals surface area (Å²) in [5, 5.41) is 0. The third-order valence-electron chi connectivity index (χ3n) is 1.84. The molecule has 1 saturated heterocycles. The van der Waals surface area contributed by atoms with Crippen molar-refractivity contribution in [3.63, 3.8) is 0 Å². The fraction of sp³-hybridized carbons (Fsp3) is 0.500. The van der Waals surface area contributed by atoms with Gasteiger partial charge in [0.2, 0.25) is 0 Å². The second kappa shape index (κ2) is 3.31. The Bertz CT molecular complexity index is 271. The molecule has 0 N–H and O–H groups in total. The van der Waals surface area contributed by atoms with Crippen molar-refractivity contribution in [3.8, 4) is 0 Å². The number of anilines is 1. The molecule has 1 aromatic heterocycles. The largest absolute Gasteiger partial charge is 0.346 e. The molecule has 1 fully saturated rings. The molecule has 12 heavy (non-hydrogen) atoms. The second-order valence-corrected chi connectivity index (χ2v) is 3.84. The molecule has 3 nitrogen and oxygen atoms in total. The Morgan fingerprint density at radius 2 is 2.50 bits per heavy atom. The molecule has 0 saturated carbocycles. The highest BCUT2D eigenvalue weighted by Gasteiger charge is 2.13. The summed E-state index contributed by atoms with van der Waals surface area (Å²) in [6.07, 6.45) is 1.82. The van der Waals surface area contributed by atoms with Crippen molar-refractivity contribution in [2.45, 2.75) is 6.92 Å². The van der Waals surface area contributed by atoms with E-state index in [1.807, 2.05) is 30.9 Å². The number of nitrogens with zero attached hydrogens (tertiary/aromatic N) is 3. The molecule has 0 unspecified atom stereocenters. The van der Waals surface area contributed by atoms with Crippen LogP contribution in [-0.2, 0) is 0 Å². The molecular weight excluding hydrogens is 170 g/mol. The van der Waals surface area contributed by atoms with Gasteiger partial charge in [-0.2, -0.15) is 0 Å². The van der Waals surface area contributed by atoms with Crippen molar-refractivity contribution in [2.24, 2.45) is 0 Å². The summed E-state index contributed by atoms with van der Waals surface area (Å²) in [6.45, 7) is 3.04. The van der Waals surface area contributed by atoms with Gasteiger partial charge >= 0.3 is 0 Å². The highest BCUT2D eigenvalue weighted by Crippen LogP contribution is 2.19. The molecule has 4 heteroatoms. The predicted molar refractivity (Wildman–Crippen MR) is 51.4 cm³/mol. The lowest BCUT2D eigenvalue weighted by atomic mass is 10.5. The molecule has 1 aromatic rings. The molecule has 0 aliphatic carbocycles. The molecule has 0 atom stereocenters. The third kappa shape index (κ3) is 1.53. The first kappa shape index (κ1) is 7.86. The van der Waals surface area contributed by atoms with Crippen molar-refractivity contribution in [1.29, 1.82) is 0 Å². The van der Waals surface area contributed by atoms with Gasteiger partial charge in [-0.05, 0) is 13.0 Å². The maximum Gasteiger partial charge on any atom is 0.132 e. The number of rotatable bonds is 1. The lowest BCUT2D eigenvalue weighted by molar-refractivity contribution is 0.927. The van der Waals surface area contributed by atoms with E-state index >= 15 is 0 Å². The van der Waals surface area contributed by atoms with Crippen molar-refractivity contribution in [2.75, 3.05) is 23.1 Å². The number of hydrogen-bond acceptors (Lipinski definition) is 4. The molecule has 0 amide bonds. The van der Waals surface area contributed by atoms with Gasteiger partial charge in [0.15, 0.2) is 0 Å². The van der Waals surface area contributed by atoms with E-state index in [4.69, 9.17) is 0 Å². The van der Waals surface area contributed by atoms with E-state index in [2.05, 4.69) is 14.9 Å². The summed E-state index contributed by atoms with van der Waals surface area (Å²) in [4.78, 5) is 10.7. The second-order valence-electron chi connectivity index (χ2n) is 2.76. The van der Waals surface area contributed by atoms with Crippen LogP contribution >= 0.6 is 11.8 Å². The topological polar surface area (TPSA) is 29.0 Å². The van der Waals surface area contributed by atoms with Crippen LogP contribution in [0.4, 0.5) is 5.82 Å². The Morgan fingerprint density at radius 1 is 1.58 bits per heavy atom. The van der Waals surface area contributed by atoms with Crippen LogP contribution in [-0.4, -0.2) is 28.1 Å². The quantitative estimate of drug-likeness (QED) is 0.653. The standard InChI is InChI=1S/C8H11N3S/c1-7-9-3-2-8(10-7)11-4-5-12-6-11/h2-3H,4-6H2,1H3. The van der Waals surface area contributed by atoms with E-state index in [1.165, 1.54) is 5.75 Å². The maximum atomic E-state index is 4.36. The molecule has 2 heterocycles. The Kier molecular flexibility index (Phi) is 2.17. The highest BCUT2D eigenvalue weighted by molar-refractivity contribution is 7.99. The van der Waals surface area contributed by atoms with E-state index in [0.717, 1.165) is 24.1 Å². The first-order chi connectivity index (χ1) is 5.86. The number of thioether (sulfide) groups is 1. The Labute approximate surface area is 76.2 Å². The first-order valence-corrected chi connectivity index (χ1v) is 5.14. The Hall–Kier alpha value is -0.770. The minimum absolute atomic E-state index is 0.851. The monoisotopic (exact) mass is 181 g/mol. The number of hydrogen-bond donors (Lipinski definition) is 0. The van der Waals surface area contributed by atoms with Gasteiger partial charge in [-0.25, -0.2) is 9.97 Å². The third-order valence-corrected chi connectivity index (χ3v) is 2.80. The molecule has 0 radical (unpaired) electrons. The van der Waals surface area contributed by atoms with E-state index in [0.29, 0.717) is 0 Å². The number of aromatic nitrogens is 2. The molecule has 0 bridgehead atoms. The predicted octanol–water partition coefficient (Wildman–Crippen LogP) is 1.30. The Morgan fingerprint density at radius 3 is 3.17 bits per heavy atom. The van der Waals surface area contributed by atoms with Crippen LogP contribution in [0.1, 0.15) is 5.82 Å². The minimum atomic E-state index is 0.851. The zero-order valence-electron chi connectivity index (χ0n) is 7.03. The summed E-state index contributed by atoms with van der Waals surface area (Å²) in [5.41, 5.74) is 0. The Balaban J connectivity index is 2.21. The normalized spacial score (nSPS) is 16.9. The van der Waals surface area contributed by atoms with Gasteiger partial charge in [0.1, 0.15) is 11.6 Å². The molecule has 64 valence electrons. The summed E-state index contributed by atoms with van der Waals surface area (Å²) >= 11 is 1.95. The highest BCUT2D eigenvalue weighted by atomic mass is 32.2. The SMILES string of the molecule is Cc1nccc(N2CCSC2)n1. The molecule has 0 aromatic carbocycles. The fourth-order valence-corrected chi connectivity index (χ4v) is 2.17. The van der Waals surface area contributed by atoms with Gasteiger partial charge in [-0.3, -0.25) is 0 Å². The van der Waals surface area contributed by atoms with Crippen LogP contribution in [0.2, 0.25) is 0 Å². The van der Waals surface area contributed by atoms with Crippen molar-refractivity contribution < 1.29 is 0 Å². The van der Waals surface area contributed by atoms with Crippen molar-refractivity contribution in [1.82, 2.24) is 9.97 Å². The zero-order valence-corrected chi connectivity index (χ0v) is 7.84. The zero-order chi connectivity index (χ0) is 8.39. The van der Waals surface area contributed by atoms with E-state index < -0.39 is 0 Å². The molecular formula is C8H11N3S.